The Morgan fingerprint density at radius 3 is 3.10 bits per heavy atom. The first-order chi connectivity index (χ1) is 10.1. The van der Waals surface area contributed by atoms with Gasteiger partial charge in [0.25, 0.3) is 0 Å². The molecule has 1 aromatic carbocycles. The Hall–Kier alpha value is -2.10. The van der Waals surface area contributed by atoms with Gasteiger partial charge in [0.1, 0.15) is 29.0 Å². The number of carbonyl (C=O) groups excluding carboxylic acids is 1. The third-order valence-electron chi connectivity index (χ3n) is 2.65. The zero-order valence-electron chi connectivity index (χ0n) is 11.2. The van der Waals surface area contributed by atoms with Crippen LogP contribution in [0.2, 0.25) is 5.02 Å². The lowest BCUT2D eigenvalue weighted by Crippen LogP contribution is -2.19. The number of hydrogen-bond acceptors (Lipinski definition) is 5. The minimum absolute atomic E-state index is 0.0848. The van der Waals surface area contributed by atoms with Crippen LogP contribution >= 0.6 is 22.9 Å². The number of likely N-dealkylation sites (N-methyl/N-ethyl adjacent to an activating group) is 1. The van der Waals surface area contributed by atoms with Gasteiger partial charge in [0.2, 0.25) is 5.91 Å². The first-order valence-corrected chi connectivity index (χ1v) is 7.35. The topological polar surface area (TPSA) is 75.0 Å². The Kier molecular flexibility index (Phi) is 5.14. The van der Waals surface area contributed by atoms with Crippen LogP contribution in [0.15, 0.2) is 23.6 Å². The molecule has 21 heavy (non-hydrogen) atoms. The summed E-state index contributed by atoms with van der Waals surface area (Å²) in [6.45, 7) is 0.221. The van der Waals surface area contributed by atoms with Crippen LogP contribution in [0.4, 0.5) is 0 Å². The largest absolute Gasteiger partial charge is 0.486 e. The molecule has 0 aliphatic heterocycles. The molecule has 5 nitrogen and oxygen atoms in total. The number of nitriles is 1. The Balaban J connectivity index is 2.03. The standard InChI is InChI=1S/C14H12ClN3O2S/c1-17-13(19)5-14-18-9(8-21-14)7-20-12-4-2-3-11(15)10(12)6-16/h2-4,8H,5,7H2,1H3,(H,17,19). The Morgan fingerprint density at radius 1 is 1.57 bits per heavy atom. The highest BCUT2D eigenvalue weighted by Crippen LogP contribution is 2.26. The smallest absolute Gasteiger partial charge is 0.226 e. The number of halogens is 1. The summed E-state index contributed by atoms with van der Waals surface area (Å²) < 4.78 is 5.58. The van der Waals surface area contributed by atoms with E-state index in [1.54, 1.807) is 25.2 Å². The summed E-state index contributed by atoms with van der Waals surface area (Å²) in [7, 11) is 1.59. The lowest BCUT2D eigenvalue weighted by Gasteiger charge is -2.06. The molecule has 108 valence electrons. The Morgan fingerprint density at radius 2 is 2.38 bits per heavy atom. The quantitative estimate of drug-likeness (QED) is 0.918. The van der Waals surface area contributed by atoms with Crippen molar-refractivity contribution in [3.8, 4) is 11.8 Å². The number of nitrogens with one attached hydrogen (secondary N) is 1. The van der Waals surface area contributed by atoms with Gasteiger partial charge in [-0.3, -0.25) is 4.79 Å². The first-order valence-electron chi connectivity index (χ1n) is 6.09. The maximum absolute atomic E-state index is 11.3. The van der Waals surface area contributed by atoms with E-state index >= 15 is 0 Å². The summed E-state index contributed by atoms with van der Waals surface area (Å²) >= 11 is 7.33. The minimum atomic E-state index is -0.0848. The molecule has 0 bridgehead atoms. The monoisotopic (exact) mass is 321 g/mol. The van der Waals surface area contributed by atoms with Crippen LogP contribution in [0, 0.1) is 11.3 Å². The lowest BCUT2D eigenvalue weighted by atomic mass is 10.2. The zero-order chi connectivity index (χ0) is 15.2. The van der Waals surface area contributed by atoms with Crippen molar-refractivity contribution in [3.63, 3.8) is 0 Å². The summed E-state index contributed by atoms with van der Waals surface area (Å²) in [5.41, 5.74) is 1.02. The predicted molar refractivity (Wildman–Crippen MR) is 80.4 cm³/mol. The molecule has 0 spiro atoms. The van der Waals surface area contributed by atoms with Crippen LogP contribution in [-0.4, -0.2) is 17.9 Å². The normalized spacial score (nSPS) is 9.95. The summed E-state index contributed by atoms with van der Waals surface area (Å²) in [6, 6.07) is 7.05. The number of ether oxygens (including phenoxy) is 1. The zero-order valence-corrected chi connectivity index (χ0v) is 12.8. The van der Waals surface area contributed by atoms with Crippen molar-refractivity contribution >= 4 is 28.8 Å². The number of carbonyl (C=O) groups is 1. The minimum Gasteiger partial charge on any atom is -0.486 e. The Bertz CT molecular complexity index is 694. The van der Waals surface area contributed by atoms with E-state index in [0.29, 0.717) is 22.0 Å². The second-order valence-electron chi connectivity index (χ2n) is 4.10. The van der Waals surface area contributed by atoms with Crippen molar-refractivity contribution in [2.45, 2.75) is 13.0 Å². The summed E-state index contributed by atoms with van der Waals surface area (Å²) in [4.78, 5) is 15.6. The predicted octanol–water partition coefficient (Wildman–Crippen LogP) is 2.54. The van der Waals surface area contributed by atoms with Gasteiger partial charge in [-0.15, -0.1) is 11.3 Å². The van der Waals surface area contributed by atoms with E-state index in [2.05, 4.69) is 10.3 Å². The van der Waals surface area contributed by atoms with Crippen molar-refractivity contribution < 1.29 is 9.53 Å². The molecule has 0 saturated carbocycles. The molecule has 0 unspecified atom stereocenters. The number of amides is 1. The molecule has 0 saturated heterocycles. The van der Waals surface area contributed by atoms with Crippen LogP contribution in [-0.2, 0) is 17.8 Å². The van der Waals surface area contributed by atoms with Crippen molar-refractivity contribution in [1.29, 1.82) is 5.26 Å². The number of aromatic nitrogens is 1. The summed E-state index contributed by atoms with van der Waals surface area (Å²) in [5.74, 6) is 0.337. The van der Waals surface area contributed by atoms with Gasteiger partial charge in [0, 0.05) is 12.4 Å². The second kappa shape index (κ2) is 7.07. The van der Waals surface area contributed by atoms with Gasteiger partial charge < -0.3 is 10.1 Å². The van der Waals surface area contributed by atoms with Gasteiger partial charge in [-0.25, -0.2) is 4.98 Å². The number of thiazole rings is 1. The molecule has 7 heteroatoms. The summed E-state index contributed by atoms with van der Waals surface area (Å²) in [5, 5.41) is 14.5. The highest BCUT2D eigenvalue weighted by molar-refractivity contribution is 7.09. The summed E-state index contributed by atoms with van der Waals surface area (Å²) in [6.07, 6.45) is 0.252. The molecule has 1 N–H and O–H groups in total. The molecular weight excluding hydrogens is 310 g/mol. The highest BCUT2D eigenvalue weighted by atomic mass is 35.5. The van der Waals surface area contributed by atoms with E-state index in [0.717, 1.165) is 5.01 Å². The van der Waals surface area contributed by atoms with E-state index < -0.39 is 0 Å². The van der Waals surface area contributed by atoms with E-state index in [-0.39, 0.29) is 18.9 Å². The number of hydrogen-bond donors (Lipinski definition) is 1. The van der Waals surface area contributed by atoms with Crippen LogP contribution in [0.5, 0.6) is 5.75 Å². The number of benzene rings is 1. The maximum atomic E-state index is 11.3. The van der Waals surface area contributed by atoms with E-state index in [1.807, 2.05) is 11.4 Å². The van der Waals surface area contributed by atoms with Crippen molar-refractivity contribution in [3.05, 3.63) is 44.9 Å². The molecule has 1 heterocycles. The average Bonchev–Trinajstić information content (AvgIpc) is 2.92. The fourth-order valence-electron chi connectivity index (χ4n) is 1.61. The molecule has 2 aromatic rings. The molecule has 1 aromatic heterocycles. The number of nitrogens with zero attached hydrogens (tertiary/aromatic N) is 2. The molecule has 0 fully saturated rings. The van der Waals surface area contributed by atoms with Gasteiger partial charge in [-0.05, 0) is 12.1 Å². The molecule has 2 rings (SSSR count). The van der Waals surface area contributed by atoms with Gasteiger partial charge in [-0.1, -0.05) is 17.7 Å². The van der Waals surface area contributed by atoms with Crippen LogP contribution in [0.3, 0.4) is 0 Å². The molecule has 0 atom stereocenters. The third-order valence-corrected chi connectivity index (χ3v) is 3.87. The van der Waals surface area contributed by atoms with Gasteiger partial charge in [0.05, 0.1) is 17.1 Å². The SMILES string of the molecule is CNC(=O)Cc1nc(COc2cccc(Cl)c2C#N)cs1. The number of rotatable bonds is 5. The maximum Gasteiger partial charge on any atom is 0.226 e. The highest BCUT2D eigenvalue weighted by Gasteiger charge is 2.10. The van der Waals surface area contributed by atoms with Gasteiger partial charge in [-0.2, -0.15) is 5.26 Å². The molecule has 0 radical (unpaired) electrons. The Labute approximate surface area is 131 Å². The van der Waals surface area contributed by atoms with Crippen LogP contribution in [0.25, 0.3) is 0 Å². The molecule has 1 amide bonds. The fourth-order valence-corrected chi connectivity index (χ4v) is 2.59. The average molecular weight is 322 g/mol. The first kappa shape index (κ1) is 15.3. The second-order valence-corrected chi connectivity index (χ2v) is 5.45. The third kappa shape index (κ3) is 3.94. The van der Waals surface area contributed by atoms with Crippen molar-refractivity contribution in [2.24, 2.45) is 0 Å². The molecular formula is C14H12ClN3O2S. The van der Waals surface area contributed by atoms with Crippen molar-refractivity contribution in [2.75, 3.05) is 7.05 Å². The van der Waals surface area contributed by atoms with Crippen LogP contribution < -0.4 is 10.1 Å². The van der Waals surface area contributed by atoms with E-state index in [4.69, 9.17) is 21.6 Å². The molecule has 0 aliphatic carbocycles. The molecule has 0 aliphatic rings. The van der Waals surface area contributed by atoms with E-state index in [1.165, 1.54) is 11.3 Å². The van der Waals surface area contributed by atoms with Crippen LogP contribution in [0.1, 0.15) is 16.3 Å². The fraction of sp³-hybridized carbons (Fsp3) is 0.214. The van der Waals surface area contributed by atoms with Gasteiger partial charge in [0.15, 0.2) is 0 Å². The lowest BCUT2D eigenvalue weighted by molar-refractivity contribution is -0.119. The van der Waals surface area contributed by atoms with E-state index in [9.17, 15) is 4.79 Å². The van der Waals surface area contributed by atoms with Gasteiger partial charge >= 0.3 is 0 Å². The van der Waals surface area contributed by atoms with Crippen molar-refractivity contribution in [1.82, 2.24) is 10.3 Å².